The molecule has 10 nitrogen and oxygen atoms in total. The van der Waals surface area contributed by atoms with Crippen molar-refractivity contribution in [2.45, 2.75) is 4.90 Å². The number of benzene rings is 2. The van der Waals surface area contributed by atoms with E-state index in [-0.39, 0.29) is 11.4 Å². The van der Waals surface area contributed by atoms with Gasteiger partial charge in [0.25, 0.3) is 15.7 Å². The van der Waals surface area contributed by atoms with Crippen LogP contribution in [0, 0.1) is 10.1 Å². The third-order valence-corrected chi connectivity index (χ3v) is 5.59. The second kappa shape index (κ2) is 8.57. The summed E-state index contributed by atoms with van der Waals surface area (Å²) in [5.74, 6) is -0.456. The van der Waals surface area contributed by atoms with Gasteiger partial charge in [0.2, 0.25) is 0 Å². The summed E-state index contributed by atoms with van der Waals surface area (Å²) in [5.41, 5.74) is -0.662. The van der Waals surface area contributed by atoms with Crippen LogP contribution in [0.4, 0.5) is 11.4 Å². The Labute approximate surface area is 161 Å². The Kier molecular flexibility index (Phi) is 6.41. The summed E-state index contributed by atoms with van der Waals surface area (Å²) in [4.78, 5) is 21.8. The van der Waals surface area contributed by atoms with Crippen molar-refractivity contribution in [3.63, 3.8) is 0 Å². The van der Waals surface area contributed by atoms with Crippen LogP contribution in [0.25, 0.3) is 0 Å². The number of nitro groups is 1. The van der Waals surface area contributed by atoms with Gasteiger partial charge < -0.3 is 14.2 Å². The molecule has 0 aromatic heterocycles. The van der Waals surface area contributed by atoms with Gasteiger partial charge in [0.1, 0.15) is 18.0 Å². The second-order valence-electron chi connectivity index (χ2n) is 5.35. The van der Waals surface area contributed by atoms with Crippen LogP contribution in [-0.2, 0) is 19.6 Å². The van der Waals surface area contributed by atoms with Crippen molar-refractivity contribution in [2.75, 3.05) is 32.2 Å². The van der Waals surface area contributed by atoms with Gasteiger partial charge in [-0.05, 0) is 18.2 Å². The lowest BCUT2D eigenvalue weighted by atomic mass is 10.2. The first-order valence-electron chi connectivity index (χ1n) is 7.81. The molecule has 150 valence electrons. The highest BCUT2D eigenvalue weighted by molar-refractivity contribution is 7.93. The van der Waals surface area contributed by atoms with Crippen LogP contribution in [-0.4, -0.2) is 47.2 Å². The van der Waals surface area contributed by atoms with E-state index in [0.29, 0.717) is 10.1 Å². The quantitative estimate of drug-likeness (QED) is 0.367. The number of anilines is 1. The maximum atomic E-state index is 13.3. The first-order valence-corrected chi connectivity index (χ1v) is 9.25. The molecule has 0 aliphatic carbocycles. The topological polar surface area (TPSA) is 125 Å². The first kappa shape index (κ1) is 21.0. The van der Waals surface area contributed by atoms with Gasteiger partial charge in [-0.3, -0.25) is 19.2 Å². The molecule has 0 amide bonds. The average Bonchev–Trinajstić information content (AvgIpc) is 2.71. The molecule has 0 saturated carbocycles. The van der Waals surface area contributed by atoms with E-state index >= 15 is 0 Å². The van der Waals surface area contributed by atoms with Gasteiger partial charge in [-0.1, -0.05) is 12.1 Å². The monoisotopic (exact) mass is 410 g/mol. The summed E-state index contributed by atoms with van der Waals surface area (Å²) in [7, 11) is -0.739. The summed E-state index contributed by atoms with van der Waals surface area (Å²) in [5, 5.41) is 11.3. The van der Waals surface area contributed by atoms with Crippen LogP contribution in [0.15, 0.2) is 47.4 Å². The summed E-state index contributed by atoms with van der Waals surface area (Å²) >= 11 is 0. The number of ether oxygens (including phenoxy) is 3. The minimum atomic E-state index is -4.54. The van der Waals surface area contributed by atoms with E-state index in [1.807, 2.05) is 0 Å². The van der Waals surface area contributed by atoms with Gasteiger partial charge in [0, 0.05) is 12.1 Å². The molecule has 0 fully saturated rings. The third-order valence-electron chi connectivity index (χ3n) is 3.79. The maximum Gasteiger partial charge on any atom is 0.326 e. The minimum Gasteiger partial charge on any atom is -0.497 e. The predicted molar refractivity (Wildman–Crippen MR) is 99.2 cm³/mol. The van der Waals surface area contributed by atoms with E-state index in [1.54, 1.807) is 0 Å². The standard InChI is InChI=1S/C17H18N2O8S/c1-25-12-8-9-15(26-2)14(10-12)18(11-17(20)27-3)28(23,24)16-7-5-4-6-13(16)19(21)22/h4-10H,11H2,1-3H3. The number of carbonyl (C=O) groups is 1. The van der Waals surface area contributed by atoms with Crippen LogP contribution < -0.4 is 13.8 Å². The van der Waals surface area contributed by atoms with Crippen LogP contribution in [0.3, 0.4) is 0 Å². The summed E-state index contributed by atoms with van der Waals surface area (Å²) in [6.07, 6.45) is 0. The highest BCUT2D eigenvalue weighted by Gasteiger charge is 2.35. The summed E-state index contributed by atoms with van der Waals surface area (Å²) in [6.45, 7) is -0.728. The van der Waals surface area contributed by atoms with Gasteiger partial charge in [-0.25, -0.2) is 8.42 Å². The maximum absolute atomic E-state index is 13.3. The third kappa shape index (κ3) is 4.14. The lowest BCUT2D eigenvalue weighted by Crippen LogP contribution is -2.37. The fourth-order valence-corrected chi connectivity index (χ4v) is 3.99. The number of hydrogen-bond acceptors (Lipinski definition) is 8. The van der Waals surface area contributed by atoms with Crippen molar-refractivity contribution in [2.24, 2.45) is 0 Å². The molecule has 0 N–H and O–H groups in total. The molecule has 0 atom stereocenters. The Morgan fingerprint density at radius 3 is 2.36 bits per heavy atom. The van der Waals surface area contributed by atoms with Gasteiger partial charge >= 0.3 is 5.97 Å². The molecule has 0 saturated heterocycles. The lowest BCUT2D eigenvalue weighted by molar-refractivity contribution is -0.387. The van der Waals surface area contributed by atoms with Gasteiger partial charge in [0.15, 0.2) is 4.90 Å². The van der Waals surface area contributed by atoms with Crippen molar-refractivity contribution in [3.8, 4) is 11.5 Å². The van der Waals surface area contributed by atoms with Crippen LogP contribution in [0.2, 0.25) is 0 Å². The summed E-state index contributed by atoms with van der Waals surface area (Å²) in [6, 6.07) is 9.17. The first-order chi connectivity index (χ1) is 13.3. The average molecular weight is 410 g/mol. The number of sulfonamides is 1. The van der Waals surface area contributed by atoms with E-state index in [2.05, 4.69) is 4.74 Å². The number of hydrogen-bond donors (Lipinski definition) is 0. The lowest BCUT2D eigenvalue weighted by Gasteiger charge is -2.25. The molecule has 0 spiro atoms. The van der Waals surface area contributed by atoms with Gasteiger partial charge in [-0.15, -0.1) is 0 Å². The Hall–Kier alpha value is -3.34. The molecule has 2 aromatic carbocycles. The fourth-order valence-electron chi connectivity index (χ4n) is 2.42. The number of esters is 1. The van der Waals surface area contributed by atoms with E-state index < -0.39 is 38.0 Å². The Morgan fingerprint density at radius 1 is 1.11 bits per heavy atom. The molecule has 11 heteroatoms. The predicted octanol–water partition coefficient (Wildman–Crippen LogP) is 1.98. The largest absolute Gasteiger partial charge is 0.497 e. The van der Waals surface area contributed by atoms with Crippen LogP contribution in [0.1, 0.15) is 0 Å². The number of nitro benzene ring substituents is 1. The van der Waals surface area contributed by atoms with Crippen molar-refractivity contribution < 1.29 is 32.3 Å². The Balaban J connectivity index is 2.75. The summed E-state index contributed by atoms with van der Waals surface area (Å²) < 4.78 is 42.2. The molecule has 0 heterocycles. The molecule has 0 radical (unpaired) electrons. The highest BCUT2D eigenvalue weighted by atomic mass is 32.2. The molecular weight excluding hydrogens is 392 g/mol. The van der Waals surface area contributed by atoms with Crippen molar-refractivity contribution in [1.29, 1.82) is 0 Å². The highest BCUT2D eigenvalue weighted by Crippen LogP contribution is 2.37. The number of carbonyl (C=O) groups excluding carboxylic acids is 1. The zero-order valence-corrected chi connectivity index (χ0v) is 16.1. The molecule has 0 aliphatic rings. The zero-order chi connectivity index (χ0) is 20.9. The zero-order valence-electron chi connectivity index (χ0n) is 15.3. The van der Waals surface area contributed by atoms with Crippen LogP contribution >= 0.6 is 0 Å². The van der Waals surface area contributed by atoms with Crippen molar-refractivity contribution in [3.05, 3.63) is 52.6 Å². The molecular formula is C17H18N2O8S. The number of methoxy groups -OCH3 is 3. The number of rotatable bonds is 8. The molecule has 2 rings (SSSR count). The van der Waals surface area contributed by atoms with E-state index in [0.717, 1.165) is 19.2 Å². The molecule has 2 aromatic rings. The van der Waals surface area contributed by atoms with Crippen LogP contribution in [0.5, 0.6) is 11.5 Å². The van der Waals surface area contributed by atoms with Crippen molar-refractivity contribution >= 4 is 27.4 Å². The Morgan fingerprint density at radius 2 is 1.79 bits per heavy atom. The normalized spacial score (nSPS) is 10.8. The van der Waals surface area contributed by atoms with Crippen molar-refractivity contribution in [1.82, 2.24) is 0 Å². The molecule has 0 aliphatic heterocycles. The number of nitrogens with zero attached hydrogens (tertiary/aromatic N) is 2. The van der Waals surface area contributed by atoms with Gasteiger partial charge in [0.05, 0.1) is 31.9 Å². The molecule has 0 bridgehead atoms. The Bertz CT molecular complexity index is 990. The number of para-hydroxylation sites is 1. The molecule has 28 heavy (non-hydrogen) atoms. The van der Waals surface area contributed by atoms with E-state index in [9.17, 15) is 23.3 Å². The van der Waals surface area contributed by atoms with E-state index in [4.69, 9.17) is 9.47 Å². The minimum absolute atomic E-state index is 0.0367. The van der Waals surface area contributed by atoms with E-state index in [1.165, 1.54) is 44.6 Å². The smallest absolute Gasteiger partial charge is 0.326 e. The second-order valence-corrected chi connectivity index (χ2v) is 7.18. The fraction of sp³-hybridized carbons (Fsp3) is 0.235. The SMILES string of the molecule is COC(=O)CN(c1cc(OC)ccc1OC)S(=O)(=O)c1ccccc1[N+](=O)[O-]. The van der Waals surface area contributed by atoms with Gasteiger partial charge in [-0.2, -0.15) is 0 Å². The molecule has 0 unspecified atom stereocenters.